The summed E-state index contributed by atoms with van der Waals surface area (Å²) >= 11 is 0. The van der Waals surface area contributed by atoms with Gasteiger partial charge in [0, 0.05) is 12.3 Å². The molecule has 0 amide bonds. The van der Waals surface area contributed by atoms with Crippen LogP contribution in [0.3, 0.4) is 0 Å². The molecule has 0 aliphatic carbocycles. The Bertz CT molecular complexity index is 540. The highest BCUT2D eigenvalue weighted by Gasteiger charge is 2.01. The van der Waals surface area contributed by atoms with Gasteiger partial charge in [0.2, 0.25) is 0 Å². The topological polar surface area (TPSA) is 72.0 Å². The molecule has 1 aromatic carbocycles. The van der Waals surface area contributed by atoms with Gasteiger partial charge in [-0.05, 0) is 24.5 Å². The van der Waals surface area contributed by atoms with Gasteiger partial charge in [-0.15, -0.1) is 0 Å². The van der Waals surface area contributed by atoms with Gasteiger partial charge in [0.05, 0.1) is 6.61 Å². The molecule has 3 N–H and O–H groups in total. The van der Waals surface area contributed by atoms with E-state index < -0.39 is 0 Å². The molecule has 0 aliphatic rings. The third kappa shape index (κ3) is 4.10. The minimum absolute atomic E-state index is 0.0465. The molecule has 0 saturated heterocycles. The molecule has 1 aromatic heterocycles. The number of aromatic nitrogens is 1. The maximum absolute atomic E-state index is 7.32. The van der Waals surface area contributed by atoms with Crippen molar-refractivity contribution in [3.05, 3.63) is 59.9 Å². The van der Waals surface area contributed by atoms with E-state index in [4.69, 9.17) is 15.9 Å². The summed E-state index contributed by atoms with van der Waals surface area (Å²) in [5, 5.41) is 7.32. The molecule has 2 rings (SSSR count). The number of hydrogen-bond donors (Lipinski definition) is 2. The summed E-state index contributed by atoms with van der Waals surface area (Å²) in [7, 11) is 0. The van der Waals surface area contributed by atoms with Crippen LogP contribution in [0.5, 0.6) is 5.75 Å². The fraction of sp³-hybridized carbons (Fsp3) is 0.200. The molecular weight excluding hydrogens is 238 g/mol. The van der Waals surface area contributed by atoms with Gasteiger partial charge in [-0.25, -0.2) is 0 Å². The van der Waals surface area contributed by atoms with Crippen molar-refractivity contribution in [2.24, 2.45) is 5.73 Å². The number of aryl methyl sites for hydroxylation is 1. The first-order valence-corrected chi connectivity index (χ1v) is 6.23. The van der Waals surface area contributed by atoms with E-state index in [-0.39, 0.29) is 5.84 Å². The highest BCUT2D eigenvalue weighted by Crippen LogP contribution is 2.11. The molecule has 98 valence electrons. The number of rotatable bonds is 6. The number of nitrogens with one attached hydrogen (secondary N) is 1. The van der Waals surface area contributed by atoms with E-state index in [1.807, 2.05) is 18.2 Å². The minimum atomic E-state index is -0.0465. The second kappa shape index (κ2) is 6.54. The van der Waals surface area contributed by atoms with Gasteiger partial charge >= 0.3 is 0 Å². The van der Waals surface area contributed by atoms with Gasteiger partial charge < -0.3 is 10.5 Å². The molecule has 4 nitrogen and oxygen atoms in total. The van der Waals surface area contributed by atoms with Crippen molar-refractivity contribution in [1.82, 2.24) is 4.98 Å². The van der Waals surface area contributed by atoms with E-state index in [9.17, 15) is 0 Å². The van der Waals surface area contributed by atoms with Crippen molar-refractivity contribution in [3.63, 3.8) is 0 Å². The van der Waals surface area contributed by atoms with E-state index in [1.165, 1.54) is 5.56 Å². The van der Waals surface area contributed by atoms with E-state index in [2.05, 4.69) is 17.1 Å². The zero-order chi connectivity index (χ0) is 13.5. The lowest BCUT2D eigenvalue weighted by molar-refractivity contribution is 0.310. The first-order valence-electron chi connectivity index (χ1n) is 6.23. The van der Waals surface area contributed by atoms with Crippen molar-refractivity contribution >= 4 is 5.84 Å². The van der Waals surface area contributed by atoms with Crippen LogP contribution in [-0.2, 0) is 6.42 Å². The largest absolute Gasteiger partial charge is 0.493 e. The summed E-state index contributed by atoms with van der Waals surface area (Å²) in [6.07, 6.45) is 3.54. The molecule has 0 unspecified atom stereocenters. The van der Waals surface area contributed by atoms with E-state index >= 15 is 0 Å². The van der Waals surface area contributed by atoms with Crippen LogP contribution in [0, 0.1) is 5.41 Å². The Morgan fingerprint density at radius 2 is 2.00 bits per heavy atom. The Morgan fingerprint density at radius 1 is 1.21 bits per heavy atom. The monoisotopic (exact) mass is 255 g/mol. The molecule has 19 heavy (non-hydrogen) atoms. The van der Waals surface area contributed by atoms with Crippen molar-refractivity contribution < 1.29 is 4.74 Å². The first kappa shape index (κ1) is 13.1. The van der Waals surface area contributed by atoms with Gasteiger partial charge in [-0.2, -0.15) is 0 Å². The van der Waals surface area contributed by atoms with Crippen LogP contribution in [0.1, 0.15) is 17.7 Å². The van der Waals surface area contributed by atoms with Gasteiger partial charge in [-0.1, -0.05) is 30.3 Å². The lowest BCUT2D eigenvalue weighted by Crippen LogP contribution is -2.13. The van der Waals surface area contributed by atoms with Crippen molar-refractivity contribution in [2.75, 3.05) is 6.61 Å². The Labute approximate surface area is 112 Å². The number of nitrogen functional groups attached to an aromatic ring is 1. The summed E-state index contributed by atoms with van der Waals surface area (Å²) < 4.78 is 5.63. The van der Waals surface area contributed by atoms with Crippen molar-refractivity contribution in [2.45, 2.75) is 12.8 Å². The Hall–Kier alpha value is -2.36. The van der Waals surface area contributed by atoms with Crippen LogP contribution in [-0.4, -0.2) is 17.4 Å². The van der Waals surface area contributed by atoms with Crippen molar-refractivity contribution in [1.29, 1.82) is 5.41 Å². The number of hydrogen-bond acceptors (Lipinski definition) is 3. The summed E-state index contributed by atoms with van der Waals surface area (Å²) in [4.78, 5) is 3.99. The summed E-state index contributed by atoms with van der Waals surface area (Å²) in [6, 6.07) is 13.8. The Kier molecular flexibility index (Phi) is 4.50. The van der Waals surface area contributed by atoms with Crippen LogP contribution in [0.15, 0.2) is 48.7 Å². The predicted molar refractivity (Wildman–Crippen MR) is 75.5 cm³/mol. The molecule has 2 aromatic rings. The van der Waals surface area contributed by atoms with E-state index in [0.29, 0.717) is 18.1 Å². The molecular formula is C15H17N3O. The number of amidine groups is 1. The van der Waals surface area contributed by atoms with Crippen LogP contribution >= 0.6 is 0 Å². The zero-order valence-corrected chi connectivity index (χ0v) is 10.7. The summed E-state index contributed by atoms with van der Waals surface area (Å²) in [5.41, 5.74) is 7.13. The fourth-order valence-corrected chi connectivity index (χ4v) is 1.76. The maximum atomic E-state index is 7.32. The zero-order valence-electron chi connectivity index (χ0n) is 10.7. The molecule has 0 aliphatic heterocycles. The Balaban J connectivity index is 1.80. The molecule has 0 radical (unpaired) electrons. The third-order valence-corrected chi connectivity index (χ3v) is 2.73. The second-order valence-corrected chi connectivity index (χ2v) is 4.23. The van der Waals surface area contributed by atoms with Crippen LogP contribution < -0.4 is 10.5 Å². The van der Waals surface area contributed by atoms with Crippen molar-refractivity contribution in [3.8, 4) is 5.75 Å². The van der Waals surface area contributed by atoms with Gasteiger partial charge in [0.1, 0.15) is 17.3 Å². The molecule has 0 bridgehead atoms. The SMILES string of the molecule is N=C(N)c1cc(OCCCc2ccccc2)ccn1. The van der Waals surface area contributed by atoms with Gasteiger partial charge in [0.25, 0.3) is 0 Å². The van der Waals surface area contributed by atoms with Crippen LogP contribution in [0.4, 0.5) is 0 Å². The summed E-state index contributed by atoms with van der Waals surface area (Å²) in [6.45, 7) is 0.635. The van der Waals surface area contributed by atoms with Gasteiger partial charge in [0.15, 0.2) is 0 Å². The number of benzene rings is 1. The maximum Gasteiger partial charge on any atom is 0.141 e. The lowest BCUT2D eigenvalue weighted by atomic mass is 10.1. The molecule has 1 heterocycles. The third-order valence-electron chi connectivity index (χ3n) is 2.73. The number of pyridine rings is 1. The smallest absolute Gasteiger partial charge is 0.141 e. The first-order chi connectivity index (χ1) is 9.25. The second-order valence-electron chi connectivity index (χ2n) is 4.23. The molecule has 0 spiro atoms. The average Bonchev–Trinajstić information content (AvgIpc) is 2.45. The number of ether oxygens (including phenoxy) is 1. The minimum Gasteiger partial charge on any atom is -0.493 e. The van der Waals surface area contributed by atoms with Gasteiger partial charge in [-0.3, -0.25) is 10.4 Å². The standard InChI is InChI=1S/C15H17N3O/c16-15(17)14-11-13(8-9-18-14)19-10-4-7-12-5-2-1-3-6-12/h1-3,5-6,8-9,11H,4,7,10H2,(H3,16,17). The fourth-order valence-electron chi connectivity index (χ4n) is 1.76. The summed E-state index contributed by atoms with van der Waals surface area (Å²) in [5.74, 6) is 0.656. The Morgan fingerprint density at radius 3 is 2.74 bits per heavy atom. The number of nitrogens with two attached hydrogens (primary N) is 1. The molecule has 0 atom stereocenters. The molecule has 0 fully saturated rings. The normalized spacial score (nSPS) is 10.1. The number of nitrogens with zero attached hydrogens (tertiary/aromatic N) is 1. The quantitative estimate of drug-likeness (QED) is 0.473. The van der Waals surface area contributed by atoms with Crippen LogP contribution in [0.25, 0.3) is 0 Å². The predicted octanol–water partition coefficient (Wildman–Crippen LogP) is 2.38. The van der Waals surface area contributed by atoms with E-state index in [1.54, 1.807) is 18.3 Å². The highest BCUT2D eigenvalue weighted by molar-refractivity contribution is 5.93. The average molecular weight is 255 g/mol. The molecule has 4 heteroatoms. The molecule has 0 saturated carbocycles. The van der Waals surface area contributed by atoms with Crippen LogP contribution in [0.2, 0.25) is 0 Å². The highest BCUT2D eigenvalue weighted by atomic mass is 16.5. The van der Waals surface area contributed by atoms with E-state index in [0.717, 1.165) is 12.8 Å². The lowest BCUT2D eigenvalue weighted by Gasteiger charge is -2.07.